The molecule has 5 nitrogen and oxygen atoms in total. The van der Waals surface area contributed by atoms with Gasteiger partial charge >= 0.3 is 5.97 Å². The number of hydrogen-bond acceptors (Lipinski definition) is 4. The average Bonchev–Trinajstić information content (AvgIpc) is 2.77. The fourth-order valence-corrected chi connectivity index (χ4v) is 1.75. The van der Waals surface area contributed by atoms with Crippen LogP contribution in [0.2, 0.25) is 0 Å². The van der Waals surface area contributed by atoms with E-state index in [0.29, 0.717) is 11.1 Å². The highest BCUT2D eigenvalue weighted by Crippen LogP contribution is 2.20. The fourth-order valence-electron chi connectivity index (χ4n) is 1.75. The molecule has 0 saturated heterocycles. The first-order valence-corrected chi connectivity index (χ1v) is 5.96. The monoisotopic (exact) mass is 248 g/mol. The van der Waals surface area contributed by atoms with Crippen molar-refractivity contribution in [2.45, 2.75) is 26.3 Å². The smallest absolute Gasteiger partial charge is 0.326 e. The lowest BCUT2D eigenvalue weighted by molar-refractivity contribution is -0.139. The molecule has 5 heteroatoms. The van der Waals surface area contributed by atoms with Gasteiger partial charge in [-0.15, -0.1) is 0 Å². The molecule has 0 unspecified atom stereocenters. The molecule has 2 atom stereocenters. The zero-order valence-electron chi connectivity index (χ0n) is 10.4. The molecule has 0 aliphatic heterocycles. The van der Waals surface area contributed by atoms with E-state index in [2.05, 4.69) is 10.3 Å². The predicted molar refractivity (Wildman–Crippen MR) is 68.5 cm³/mol. The third-order valence-corrected chi connectivity index (χ3v) is 3.05. The molecule has 2 N–H and O–H groups in total. The van der Waals surface area contributed by atoms with Crippen molar-refractivity contribution >= 4 is 23.1 Å². The Balaban J connectivity index is 2.23. The molecule has 96 valence electrons. The minimum absolute atomic E-state index is 0.00230. The van der Waals surface area contributed by atoms with Gasteiger partial charge in [0.25, 0.3) is 6.01 Å². The second-order valence-electron chi connectivity index (χ2n) is 4.33. The summed E-state index contributed by atoms with van der Waals surface area (Å²) in [6, 6.07) is 6.89. The van der Waals surface area contributed by atoms with Gasteiger partial charge in [-0.25, -0.2) is 4.79 Å². The van der Waals surface area contributed by atoms with Crippen LogP contribution in [-0.4, -0.2) is 22.1 Å². The number of oxazole rings is 1. The number of fused-ring (bicyclic) bond motifs is 1. The maximum Gasteiger partial charge on any atom is 0.326 e. The van der Waals surface area contributed by atoms with Crippen LogP contribution in [-0.2, 0) is 4.79 Å². The highest BCUT2D eigenvalue weighted by atomic mass is 16.4. The van der Waals surface area contributed by atoms with Gasteiger partial charge in [0.05, 0.1) is 0 Å². The van der Waals surface area contributed by atoms with Crippen molar-refractivity contribution in [1.29, 1.82) is 0 Å². The van der Waals surface area contributed by atoms with E-state index in [1.807, 2.05) is 32.0 Å². The highest BCUT2D eigenvalue weighted by molar-refractivity contribution is 5.78. The van der Waals surface area contributed by atoms with E-state index >= 15 is 0 Å². The number of hydrogen-bond donors (Lipinski definition) is 2. The first-order valence-electron chi connectivity index (χ1n) is 5.96. The number of benzene rings is 1. The normalized spacial score (nSPS) is 14.3. The minimum atomic E-state index is -0.897. The van der Waals surface area contributed by atoms with Gasteiger partial charge < -0.3 is 14.8 Å². The summed E-state index contributed by atoms with van der Waals surface area (Å²) in [5.41, 5.74) is 1.36. The summed E-state index contributed by atoms with van der Waals surface area (Å²) in [4.78, 5) is 15.4. The Morgan fingerprint density at radius 3 is 2.83 bits per heavy atom. The van der Waals surface area contributed by atoms with Gasteiger partial charge in [0.15, 0.2) is 5.58 Å². The van der Waals surface area contributed by atoms with Crippen LogP contribution in [0.15, 0.2) is 28.7 Å². The number of rotatable bonds is 5. The van der Waals surface area contributed by atoms with Gasteiger partial charge in [-0.2, -0.15) is 4.98 Å². The standard InChI is InChI=1S/C13H16N2O3/c1-3-8(2)11(12(16)17)15-13-14-9-6-4-5-7-10(9)18-13/h4-8,11H,3H2,1-2H3,(H,14,15)(H,16,17)/t8-,11-/m0/s1. The third kappa shape index (κ3) is 2.45. The first kappa shape index (κ1) is 12.4. The SMILES string of the molecule is CC[C@H](C)[C@H](Nc1nc2ccccc2o1)C(=O)O. The number of anilines is 1. The number of aliphatic carboxylic acids is 1. The Bertz CT molecular complexity index is 517. The fraction of sp³-hybridized carbons (Fsp3) is 0.385. The Kier molecular flexibility index (Phi) is 3.50. The van der Waals surface area contributed by atoms with Crippen LogP contribution in [0.25, 0.3) is 11.1 Å². The Morgan fingerprint density at radius 1 is 1.50 bits per heavy atom. The molecule has 1 aromatic carbocycles. The average molecular weight is 248 g/mol. The first-order chi connectivity index (χ1) is 8.61. The van der Waals surface area contributed by atoms with Crippen LogP contribution in [0, 0.1) is 5.92 Å². The van der Waals surface area contributed by atoms with Crippen LogP contribution >= 0.6 is 0 Å². The maximum atomic E-state index is 11.2. The summed E-state index contributed by atoms with van der Waals surface area (Å²) in [6.07, 6.45) is 0.768. The number of carboxylic acids is 1. The summed E-state index contributed by atoms with van der Waals surface area (Å²) in [5.74, 6) is -0.899. The number of nitrogens with one attached hydrogen (secondary N) is 1. The molecule has 0 radical (unpaired) electrons. The quantitative estimate of drug-likeness (QED) is 0.850. The molecule has 0 fully saturated rings. The van der Waals surface area contributed by atoms with Crippen molar-refractivity contribution in [3.63, 3.8) is 0 Å². The van der Waals surface area contributed by atoms with Crippen molar-refractivity contribution in [3.05, 3.63) is 24.3 Å². The molecule has 18 heavy (non-hydrogen) atoms. The van der Waals surface area contributed by atoms with E-state index in [0.717, 1.165) is 6.42 Å². The molecular formula is C13H16N2O3. The number of aromatic nitrogens is 1. The zero-order chi connectivity index (χ0) is 13.1. The molecule has 0 spiro atoms. The van der Waals surface area contributed by atoms with Gasteiger partial charge in [0, 0.05) is 0 Å². The van der Waals surface area contributed by atoms with Gasteiger partial charge in [-0.1, -0.05) is 32.4 Å². The summed E-state index contributed by atoms with van der Waals surface area (Å²) >= 11 is 0. The predicted octanol–water partition coefficient (Wildman–Crippen LogP) is 2.74. The van der Waals surface area contributed by atoms with Gasteiger partial charge in [0.1, 0.15) is 11.6 Å². The van der Waals surface area contributed by atoms with Crippen molar-refractivity contribution in [3.8, 4) is 0 Å². The summed E-state index contributed by atoms with van der Waals surface area (Å²) < 4.78 is 5.46. The summed E-state index contributed by atoms with van der Waals surface area (Å²) in [7, 11) is 0. The highest BCUT2D eigenvalue weighted by Gasteiger charge is 2.24. The van der Waals surface area contributed by atoms with Gasteiger partial charge in [-0.3, -0.25) is 0 Å². The lowest BCUT2D eigenvalue weighted by Crippen LogP contribution is -2.35. The van der Waals surface area contributed by atoms with Gasteiger partial charge in [0.2, 0.25) is 0 Å². The summed E-state index contributed by atoms with van der Waals surface area (Å²) in [6.45, 7) is 3.84. The van der Waals surface area contributed by atoms with Crippen molar-refractivity contribution in [2.75, 3.05) is 5.32 Å². The zero-order valence-corrected chi connectivity index (χ0v) is 10.4. The molecule has 0 bridgehead atoms. The third-order valence-electron chi connectivity index (χ3n) is 3.05. The van der Waals surface area contributed by atoms with E-state index in [1.165, 1.54) is 0 Å². The second kappa shape index (κ2) is 5.08. The van der Waals surface area contributed by atoms with E-state index in [4.69, 9.17) is 4.42 Å². The number of carbonyl (C=O) groups is 1. The van der Waals surface area contributed by atoms with Crippen LogP contribution in [0.4, 0.5) is 6.01 Å². The van der Waals surface area contributed by atoms with Crippen molar-refractivity contribution in [2.24, 2.45) is 5.92 Å². The van der Waals surface area contributed by atoms with E-state index < -0.39 is 12.0 Å². The molecule has 0 aliphatic carbocycles. The lowest BCUT2D eigenvalue weighted by Gasteiger charge is -2.18. The lowest BCUT2D eigenvalue weighted by atomic mass is 10.00. The van der Waals surface area contributed by atoms with Gasteiger partial charge in [-0.05, 0) is 18.1 Å². The molecular weight excluding hydrogens is 232 g/mol. The van der Waals surface area contributed by atoms with Crippen LogP contribution in [0.5, 0.6) is 0 Å². The Morgan fingerprint density at radius 2 is 2.22 bits per heavy atom. The molecule has 1 aromatic heterocycles. The molecule has 1 heterocycles. The molecule has 0 aliphatic rings. The Hall–Kier alpha value is -2.04. The number of carboxylic acid groups (broad SMARTS) is 1. The van der Waals surface area contributed by atoms with Crippen LogP contribution in [0.1, 0.15) is 20.3 Å². The largest absolute Gasteiger partial charge is 0.480 e. The number of nitrogens with zero attached hydrogens (tertiary/aromatic N) is 1. The topological polar surface area (TPSA) is 75.4 Å². The Labute approximate surface area is 105 Å². The van der Waals surface area contributed by atoms with Crippen LogP contribution < -0.4 is 5.32 Å². The summed E-state index contributed by atoms with van der Waals surface area (Å²) in [5, 5.41) is 12.0. The van der Waals surface area contributed by atoms with Crippen molar-refractivity contribution in [1.82, 2.24) is 4.98 Å². The molecule has 2 aromatic rings. The second-order valence-corrected chi connectivity index (χ2v) is 4.33. The molecule has 2 rings (SSSR count). The maximum absolute atomic E-state index is 11.2. The van der Waals surface area contributed by atoms with E-state index in [1.54, 1.807) is 6.07 Å². The molecule has 0 saturated carbocycles. The van der Waals surface area contributed by atoms with E-state index in [-0.39, 0.29) is 11.9 Å². The molecule has 0 amide bonds. The van der Waals surface area contributed by atoms with E-state index in [9.17, 15) is 9.90 Å². The number of para-hydroxylation sites is 2. The van der Waals surface area contributed by atoms with Crippen LogP contribution in [0.3, 0.4) is 0 Å². The minimum Gasteiger partial charge on any atom is -0.480 e. The van der Waals surface area contributed by atoms with Crippen molar-refractivity contribution < 1.29 is 14.3 Å².